The molecule has 0 aromatic heterocycles. The van der Waals surface area contributed by atoms with Crippen LogP contribution in [0, 0.1) is 13.8 Å². The van der Waals surface area contributed by atoms with E-state index in [0.717, 1.165) is 43.0 Å². The average Bonchev–Trinajstić information content (AvgIpc) is 2.62. The first-order valence-electron chi connectivity index (χ1n) is 9.15. The summed E-state index contributed by atoms with van der Waals surface area (Å²) >= 11 is 5.29. The number of hydrogen-bond acceptors (Lipinski definition) is 4. The lowest BCUT2D eigenvalue weighted by Gasteiger charge is -2.34. The number of amides is 1. The van der Waals surface area contributed by atoms with Crippen molar-refractivity contribution in [3.05, 3.63) is 59.2 Å². The molecular weight excluding hydrogens is 356 g/mol. The molecule has 1 heterocycles. The second-order valence-electron chi connectivity index (χ2n) is 7.12. The predicted molar refractivity (Wildman–Crippen MR) is 116 cm³/mol. The van der Waals surface area contributed by atoms with E-state index in [1.165, 1.54) is 5.69 Å². The number of benzene rings is 2. The van der Waals surface area contributed by atoms with Crippen LogP contribution in [0.5, 0.6) is 0 Å². The van der Waals surface area contributed by atoms with E-state index in [1.807, 2.05) is 44.2 Å². The number of hydrogen-bond donors (Lipinski definition) is 2. The number of nitrogens with zero attached hydrogens (tertiary/aromatic N) is 2. The van der Waals surface area contributed by atoms with Gasteiger partial charge in [-0.1, -0.05) is 17.2 Å². The van der Waals surface area contributed by atoms with Gasteiger partial charge in [-0.3, -0.25) is 10.1 Å². The monoisotopic (exact) mass is 382 g/mol. The molecule has 1 fully saturated rings. The van der Waals surface area contributed by atoms with Gasteiger partial charge >= 0.3 is 0 Å². The summed E-state index contributed by atoms with van der Waals surface area (Å²) in [5.74, 6) is -0.201. The first kappa shape index (κ1) is 19.3. The van der Waals surface area contributed by atoms with Gasteiger partial charge in [0.1, 0.15) is 0 Å². The molecule has 2 aromatic rings. The third-order valence-corrected chi connectivity index (χ3v) is 4.91. The van der Waals surface area contributed by atoms with Crippen LogP contribution in [0.4, 0.5) is 11.4 Å². The number of likely N-dealkylation sites (N-methyl/N-ethyl adjacent to an activating group) is 1. The van der Waals surface area contributed by atoms with Gasteiger partial charge in [0, 0.05) is 43.1 Å². The van der Waals surface area contributed by atoms with Crippen molar-refractivity contribution in [2.75, 3.05) is 43.4 Å². The summed E-state index contributed by atoms with van der Waals surface area (Å²) in [7, 11) is 2.15. The number of thiocarbonyl (C=S) groups is 1. The fraction of sp³-hybridized carbons (Fsp3) is 0.333. The van der Waals surface area contributed by atoms with Crippen molar-refractivity contribution in [1.82, 2.24) is 10.2 Å². The minimum atomic E-state index is -0.201. The predicted octanol–water partition coefficient (Wildman–Crippen LogP) is 3.18. The van der Waals surface area contributed by atoms with Crippen LogP contribution in [0.3, 0.4) is 0 Å². The molecule has 27 heavy (non-hydrogen) atoms. The minimum absolute atomic E-state index is 0.201. The van der Waals surface area contributed by atoms with Crippen molar-refractivity contribution in [2.45, 2.75) is 13.8 Å². The van der Waals surface area contributed by atoms with Crippen molar-refractivity contribution in [1.29, 1.82) is 0 Å². The highest BCUT2D eigenvalue weighted by Gasteiger charge is 2.14. The fourth-order valence-corrected chi connectivity index (χ4v) is 3.47. The number of carbonyl (C=O) groups excluding carboxylic acids is 1. The number of carbonyl (C=O) groups is 1. The summed E-state index contributed by atoms with van der Waals surface area (Å²) in [6.45, 7) is 8.18. The topological polar surface area (TPSA) is 47.6 Å². The zero-order valence-electron chi connectivity index (χ0n) is 16.1. The number of anilines is 2. The van der Waals surface area contributed by atoms with Crippen molar-refractivity contribution >= 4 is 34.6 Å². The molecule has 1 aliphatic rings. The molecule has 0 bridgehead atoms. The van der Waals surface area contributed by atoms with Crippen molar-refractivity contribution in [3.63, 3.8) is 0 Å². The molecule has 0 radical (unpaired) electrons. The van der Waals surface area contributed by atoms with Crippen LogP contribution in [0.15, 0.2) is 42.5 Å². The Balaban J connectivity index is 1.56. The van der Waals surface area contributed by atoms with Gasteiger partial charge in [0.05, 0.1) is 0 Å². The molecule has 142 valence electrons. The summed E-state index contributed by atoms with van der Waals surface area (Å²) in [4.78, 5) is 17.1. The summed E-state index contributed by atoms with van der Waals surface area (Å²) in [5, 5.41) is 6.13. The lowest BCUT2D eigenvalue weighted by Crippen LogP contribution is -2.44. The standard InChI is InChI=1S/C21H26N4OS/c1-15-12-16(2)14-17(13-15)20(26)23-21(27)22-18-4-6-19(7-5-18)25-10-8-24(3)9-11-25/h4-7,12-14H,8-11H2,1-3H3,(H2,22,23,26,27). The Morgan fingerprint density at radius 2 is 1.56 bits per heavy atom. The molecule has 2 aromatic carbocycles. The highest BCUT2D eigenvalue weighted by molar-refractivity contribution is 7.80. The second-order valence-corrected chi connectivity index (χ2v) is 7.53. The van der Waals surface area contributed by atoms with Crippen molar-refractivity contribution < 1.29 is 4.79 Å². The summed E-state index contributed by atoms with van der Waals surface area (Å²) in [6, 6.07) is 13.9. The quantitative estimate of drug-likeness (QED) is 0.799. The zero-order chi connectivity index (χ0) is 19.4. The van der Waals surface area contributed by atoms with Crippen LogP contribution in [0.2, 0.25) is 0 Å². The highest BCUT2D eigenvalue weighted by Crippen LogP contribution is 2.19. The molecule has 0 saturated carbocycles. The van der Waals surface area contributed by atoms with Gasteiger partial charge in [0.2, 0.25) is 0 Å². The van der Waals surface area contributed by atoms with Crippen molar-refractivity contribution in [2.24, 2.45) is 0 Å². The van der Waals surface area contributed by atoms with Gasteiger partial charge in [-0.15, -0.1) is 0 Å². The van der Waals surface area contributed by atoms with E-state index in [-0.39, 0.29) is 5.91 Å². The summed E-state index contributed by atoms with van der Waals surface area (Å²) in [6.07, 6.45) is 0. The molecule has 0 aliphatic carbocycles. The summed E-state index contributed by atoms with van der Waals surface area (Å²) in [5.41, 5.74) is 4.79. The molecule has 6 heteroatoms. The van der Waals surface area contributed by atoms with Crippen LogP contribution in [-0.2, 0) is 0 Å². The molecule has 2 N–H and O–H groups in total. The van der Waals surface area contributed by atoms with Crippen LogP contribution < -0.4 is 15.5 Å². The number of aryl methyl sites for hydroxylation is 2. The van der Waals surface area contributed by atoms with Gasteiger partial charge in [0.25, 0.3) is 5.91 Å². The summed E-state index contributed by atoms with van der Waals surface area (Å²) < 4.78 is 0. The number of nitrogens with one attached hydrogen (secondary N) is 2. The Morgan fingerprint density at radius 3 is 2.15 bits per heavy atom. The first-order valence-corrected chi connectivity index (χ1v) is 9.56. The third kappa shape index (κ3) is 5.28. The third-order valence-electron chi connectivity index (χ3n) is 4.70. The molecule has 0 unspecified atom stereocenters. The second kappa shape index (κ2) is 8.50. The highest BCUT2D eigenvalue weighted by atomic mass is 32.1. The van der Waals surface area contributed by atoms with E-state index in [9.17, 15) is 4.79 Å². The lowest BCUT2D eigenvalue weighted by atomic mass is 10.1. The van der Waals surface area contributed by atoms with Crippen LogP contribution in [0.25, 0.3) is 0 Å². The van der Waals surface area contributed by atoms with Gasteiger partial charge in [-0.05, 0) is 69.5 Å². The van der Waals surface area contributed by atoms with E-state index >= 15 is 0 Å². The molecule has 1 amide bonds. The van der Waals surface area contributed by atoms with Gasteiger partial charge in [0.15, 0.2) is 5.11 Å². The van der Waals surface area contributed by atoms with Crippen LogP contribution >= 0.6 is 12.2 Å². The Morgan fingerprint density at radius 1 is 0.963 bits per heavy atom. The molecular formula is C21H26N4OS. The van der Waals surface area contributed by atoms with Crippen LogP contribution in [0.1, 0.15) is 21.5 Å². The number of rotatable bonds is 3. The zero-order valence-corrected chi connectivity index (χ0v) is 16.9. The molecule has 1 aliphatic heterocycles. The van der Waals surface area contributed by atoms with E-state index in [2.05, 4.69) is 39.6 Å². The Kier molecular flexibility index (Phi) is 6.08. The van der Waals surface area contributed by atoms with Gasteiger partial charge < -0.3 is 15.1 Å². The van der Waals surface area contributed by atoms with Crippen molar-refractivity contribution in [3.8, 4) is 0 Å². The van der Waals surface area contributed by atoms with E-state index in [1.54, 1.807) is 0 Å². The maximum Gasteiger partial charge on any atom is 0.257 e. The molecule has 0 atom stereocenters. The normalized spacial score (nSPS) is 14.7. The molecule has 1 saturated heterocycles. The Hall–Kier alpha value is -2.44. The van der Waals surface area contributed by atoms with E-state index < -0.39 is 0 Å². The maximum atomic E-state index is 12.4. The molecule has 5 nitrogen and oxygen atoms in total. The fourth-order valence-electron chi connectivity index (χ4n) is 3.26. The van der Waals surface area contributed by atoms with Gasteiger partial charge in [-0.2, -0.15) is 0 Å². The Labute approximate surface area is 166 Å². The first-order chi connectivity index (χ1) is 12.9. The molecule has 0 spiro atoms. The SMILES string of the molecule is Cc1cc(C)cc(C(=O)NC(=S)Nc2ccc(N3CCN(C)CC3)cc2)c1. The smallest absolute Gasteiger partial charge is 0.257 e. The largest absolute Gasteiger partial charge is 0.369 e. The lowest BCUT2D eigenvalue weighted by molar-refractivity contribution is 0.0977. The average molecular weight is 383 g/mol. The molecule has 3 rings (SSSR count). The maximum absolute atomic E-state index is 12.4. The minimum Gasteiger partial charge on any atom is -0.369 e. The Bertz CT molecular complexity index is 806. The van der Waals surface area contributed by atoms with E-state index in [0.29, 0.717) is 10.7 Å². The van der Waals surface area contributed by atoms with Gasteiger partial charge in [-0.25, -0.2) is 0 Å². The van der Waals surface area contributed by atoms with E-state index in [4.69, 9.17) is 12.2 Å². The number of piperazine rings is 1. The van der Waals surface area contributed by atoms with Crippen LogP contribution in [-0.4, -0.2) is 49.1 Å².